The summed E-state index contributed by atoms with van der Waals surface area (Å²) in [5, 5.41) is 3.84. The number of aromatic nitrogens is 14. The maximum Gasteiger partial charge on any atom is 0.197 e. The number of benzene rings is 6. The van der Waals surface area contributed by atoms with Crippen molar-refractivity contribution in [1.29, 1.82) is 0 Å². The molecule has 6 heterocycles. The monoisotopic (exact) mass is 962 g/mol. The molecule has 0 saturated carbocycles. The Kier molecular flexibility index (Phi) is 10.6. The Morgan fingerprint density at radius 1 is 0.324 bits per heavy atom. The Hall–Kier alpha value is -10.1. The van der Waals surface area contributed by atoms with Crippen LogP contribution in [0.15, 0.2) is 109 Å². The number of nitrogens with zero attached hydrogens (tertiary/aromatic N) is 16. The Labute approximate surface area is 424 Å². The zero-order valence-corrected chi connectivity index (χ0v) is 41.5. The van der Waals surface area contributed by atoms with Crippen LogP contribution in [0, 0.1) is 68.5 Å². The van der Waals surface area contributed by atoms with Gasteiger partial charge in [-0.2, -0.15) is 0 Å². The fraction of sp³-hybridized carbons (Fsp3) is 0.138. The molecule has 6 aromatic heterocycles. The van der Waals surface area contributed by atoms with Crippen LogP contribution in [0.3, 0.4) is 0 Å². The fourth-order valence-corrected chi connectivity index (χ4v) is 10.1. The lowest BCUT2D eigenvalue weighted by molar-refractivity contribution is 0.928. The van der Waals surface area contributed by atoms with Gasteiger partial charge in [0.15, 0.2) is 34.7 Å². The van der Waals surface area contributed by atoms with Crippen molar-refractivity contribution in [3.05, 3.63) is 179 Å². The van der Waals surface area contributed by atoms with E-state index in [-0.39, 0.29) is 0 Å². The highest BCUT2D eigenvalue weighted by Gasteiger charge is 2.25. The number of hydrogen-bond donors (Lipinski definition) is 0. The molecule has 6 aromatic carbocycles. The van der Waals surface area contributed by atoms with Crippen LogP contribution >= 0.6 is 0 Å². The van der Waals surface area contributed by atoms with Crippen LogP contribution in [0.5, 0.6) is 0 Å². The van der Waals surface area contributed by atoms with Gasteiger partial charge < -0.3 is 9.13 Å². The minimum atomic E-state index is 0.384. The number of hydrogen-bond acceptors (Lipinski definition) is 12. The van der Waals surface area contributed by atoms with Crippen molar-refractivity contribution in [2.24, 2.45) is 0 Å². The van der Waals surface area contributed by atoms with Gasteiger partial charge in [-0.3, -0.25) is 0 Å². The molecule has 0 radical (unpaired) electrons. The van der Waals surface area contributed by atoms with Crippen LogP contribution in [0.2, 0.25) is 0 Å². The van der Waals surface area contributed by atoms with Gasteiger partial charge in [0.2, 0.25) is 0 Å². The van der Waals surface area contributed by atoms with Crippen LogP contribution in [0.4, 0.5) is 11.4 Å². The molecule has 12 rings (SSSR count). The van der Waals surface area contributed by atoms with Crippen molar-refractivity contribution in [2.45, 2.75) is 55.4 Å². The number of fused-ring (bicyclic) bond motifs is 6. The molecule has 0 aliphatic carbocycles. The van der Waals surface area contributed by atoms with Gasteiger partial charge in [0, 0.05) is 43.8 Å². The molecule has 0 bridgehead atoms. The molecule has 354 valence electrons. The Bertz CT molecular complexity index is 4160. The van der Waals surface area contributed by atoms with Crippen LogP contribution in [0.1, 0.15) is 46.6 Å². The predicted molar refractivity (Wildman–Crippen MR) is 286 cm³/mol. The summed E-state index contributed by atoms with van der Waals surface area (Å²) in [6, 6.07) is 36.5. The van der Waals surface area contributed by atoms with E-state index < -0.39 is 0 Å². The average molecular weight is 963 g/mol. The zero-order valence-electron chi connectivity index (χ0n) is 41.5. The highest BCUT2D eigenvalue weighted by atomic mass is 15.1. The Balaban J connectivity index is 1.27. The summed E-state index contributed by atoms with van der Waals surface area (Å²) in [5.41, 5.74) is 10.2. The maximum atomic E-state index is 8.84. The topological polar surface area (TPSA) is 173 Å². The second-order valence-corrected chi connectivity index (χ2v) is 18.2. The van der Waals surface area contributed by atoms with Gasteiger partial charge in [0.1, 0.15) is 46.6 Å². The van der Waals surface area contributed by atoms with E-state index >= 15 is 0 Å². The van der Waals surface area contributed by atoms with Gasteiger partial charge in [0.25, 0.3) is 0 Å². The first-order valence-electron chi connectivity index (χ1n) is 23.8. The van der Waals surface area contributed by atoms with E-state index in [2.05, 4.69) is 93.4 Å². The third-order valence-electron chi connectivity index (χ3n) is 13.0. The molecule has 0 N–H and O–H groups in total. The van der Waals surface area contributed by atoms with Gasteiger partial charge in [-0.25, -0.2) is 69.5 Å². The van der Waals surface area contributed by atoms with Crippen molar-refractivity contribution < 1.29 is 0 Å². The molecule has 0 amide bonds. The minimum Gasteiger partial charge on any atom is -0.308 e. The van der Waals surface area contributed by atoms with E-state index in [0.717, 1.165) is 77.1 Å². The molecule has 74 heavy (non-hydrogen) atoms. The summed E-state index contributed by atoms with van der Waals surface area (Å²) in [7, 11) is 0. The normalized spacial score (nSPS) is 11.5. The zero-order chi connectivity index (χ0) is 51.1. The summed E-state index contributed by atoms with van der Waals surface area (Å²) in [6.07, 6.45) is 0. The molecular weight excluding hydrogens is 921 g/mol. The first-order chi connectivity index (χ1) is 35.8. The van der Waals surface area contributed by atoms with Crippen molar-refractivity contribution >= 4 is 55.0 Å². The lowest BCUT2D eigenvalue weighted by atomic mass is 10.0. The lowest BCUT2D eigenvalue weighted by Gasteiger charge is -2.20. The molecule has 0 atom stereocenters. The van der Waals surface area contributed by atoms with E-state index in [1.807, 2.05) is 104 Å². The lowest BCUT2D eigenvalue weighted by Crippen LogP contribution is -2.05. The van der Waals surface area contributed by atoms with E-state index in [0.29, 0.717) is 92.5 Å². The molecule has 0 spiro atoms. The first-order valence-corrected chi connectivity index (χ1v) is 23.8. The molecule has 16 heteroatoms. The third kappa shape index (κ3) is 7.78. The van der Waals surface area contributed by atoms with Crippen LogP contribution < -0.4 is 0 Å². The molecule has 12 aromatic rings. The van der Waals surface area contributed by atoms with E-state index in [1.165, 1.54) is 0 Å². The molecular formula is C58H42N16. The van der Waals surface area contributed by atoms with E-state index in [4.69, 9.17) is 53.0 Å². The molecule has 0 fully saturated rings. The quantitative estimate of drug-likeness (QED) is 0.139. The van der Waals surface area contributed by atoms with Crippen molar-refractivity contribution in [3.63, 3.8) is 0 Å². The Morgan fingerprint density at radius 2 is 0.649 bits per heavy atom. The summed E-state index contributed by atoms with van der Waals surface area (Å²) in [4.78, 5) is 64.3. The van der Waals surface area contributed by atoms with E-state index in [9.17, 15) is 0 Å². The second kappa shape index (κ2) is 17.4. The highest BCUT2D eigenvalue weighted by Crippen LogP contribution is 2.45. The SMILES string of the molecule is [C-]#[N+]c1cccc(-c2cc(-n3c4cc(-c5nc(C)nc(C)n5)ccc4c4ccc(-c5nc(C)nc(C)n5)cc43)c(-n3c4cc(-c5nc(C)nc(C)n5)ccc4c4ccc(-c5nc(C)nc(C)n5)cc43)cc2[N+]#[C-])c1. The largest absolute Gasteiger partial charge is 0.308 e. The van der Waals surface area contributed by atoms with Gasteiger partial charge in [-0.1, -0.05) is 66.7 Å². The molecule has 0 saturated heterocycles. The fourth-order valence-electron chi connectivity index (χ4n) is 10.1. The molecule has 0 aliphatic rings. The van der Waals surface area contributed by atoms with Crippen LogP contribution in [-0.2, 0) is 0 Å². The molecule has 0 unspecified atom stereocenters. The standard InChI is InChI=1S/C58H42N16/c1-29-61-30(2)66-55(65-29)38-14-18-43-44-19-15-39(56-67-31(3)62-32(4)68-56)24-50(44)73(49(43)23-38)53-27-47(37-12-11-13-42(22-37)59-9)48(60-10)28-54(53)74-51-25-40(57-69-33(5)63-34(6)70-57)16-20-45(51)46-21-17-41(26-52(46)74)58-71-35(7)64-36(8)72-58/h11-28H,1-8H3. The Morgan fingerprint density at radius 3 is 0.959 bits per heavy atom. The van der Waals surface area contributed by atoms with Gasteiger partial charge in [0.05, 0.1) is 46.6 Å². The molecule has 0 aliphatic heterocycles. The minimum absolute atomic E-state index is 0.384. The van der Waals surface area contributed by atoms with Crippen molar-refractivity contribution in [3.8, 4) is 68.1 Å². The van der Waals surface area contributed by atoms with Gasteiger partial charge in [-0.05, 0) is 109 Å². The highest BCUT2D eigenvalue weighted by molar-refractivity contribution is 6.14. The maximum absolute atomic E-state index is 8.84. The number of rotatable bonds is 7. The average Bonchev–Trinajstić information content (AvgIpc) is 3.88. The summed E-state index contributed by atoms with van der Waals surface area (Å²) >= 11 is 0. The molecule has 16 nitrogen and oxygen atoms in total. The smallest absolute Gasteiger partial charge is 0.197 e. The third-order valence-corrected chi connectivity index (χ3v) is 13.0. The van der Waals surface area contributed by atoms with Crippen LogP contribution in [-0.4, -0.2) is 68.9 Å². The number of aryl methyl sites for hydroxylation is 8. The summed E-state index contributed by atoms with van der Waals surface area (Å²) in [5.74, 6) is 7.04. The van der Waals surface area contributed by atoms with Gasteiger partial charge >= 0.3 is 0 Å². The van der Waals surface area contributed by atoms with Gasteiger partial charge in [-0.15, -0.1) is 0 Å². The first kappa shape index (κ1) is 45.1. The van der Waals surface area contributed by atoms with Crippen molar-refractivity contribution in [1.82, 2.24) is 68.9 Å². The second-order valence-electron chi connectivity index (χ2n) is 18.2. The predicted octanol–water partition coefficient (Wildman–Crippen LogP) is 12.5. The van der Waals surface area contributed by atoms with Crippen LogP contribution in [0.25, 0.3) is 121 Å². The summed E-state index contributed by atoms with van der Waals surface area (Å²) < 4.78 is 4.46. The summed E-state index contributed by atoms with van der Waals surface area (Å²) in [6.45, 7) is 31.7. The van der Waals surface area contributed by atoms with E-state index in [1.54, 1.807) is 6.07 Å². The van der Waals surface area contributed by atoms with Crippen molar-refractivity contribution in [2.75, 3.05) is 0 Å².